The Morgan fingerprint density at radius 2 is 1.88 bits per heavy atom. The van der Waals surface area contributed by atoms with Crippen LogP contribution in [0.25, 0.3) is 16.5 Å². The third-order valence-electron chi connectivity index (χ3n) is 6.11. The first kappa shape index (κ1) is 20.2. The number of ether oxygens (including phenoxy) is 1. The maximum absolute atomic E-state index is 13.5. The number of carbonyl (C=O) groups excluding carboxylic acids is 1. The number of para-hydroxylation sites is 1. The molecule has 0 aliphatic carbocycles. The molecule has 7 nitrogen and oxygen atoms in total. The largest absolute Gasteiger partial charge is 0.493 e. The summed E-state index contributed by atoms with van der Waals surface area (Å²) in [7, 11) is 0. The van der Waals surface area contributed by atoms with Crippen LogP contribution in [0.2, 0.25) is 0 Å². The number of rotatable bonds is 5. The van der Waals surface area contributed by atoms with Crippen LogP contribution < -0.4 is 4.74 Å². The molecule has 2 aromatic heterocycles. The van der Waals surface area contributed by atoms with Gasteiger partial charge in [-0.3, -0.25) is 9.78 Å². The summed E-state index contributed by atoms with van der Waals surface area (Å²) in [6.07, 6.45) is 8.84. The SMILES string of the molecule is C[C@H]1CC[C@@H](COc2ccc3ccncc3c2)CN1C(=O)c1ccccc1-n1nccn1. The van der Waals surface area contributed by atoms with Crippen molar-refractivity contribution in [3.8, 4) is 11.4 Å². The number of amides is 1. The minimum atomic E-state index is 0.00637. The van der Waals surface area contributed by atoms with E-state index >= 15 is 0 Å². The Bertz CT molecular complexity index is 1220. The lowest BCUT2D eigenvalue weighted by Gasteiger charge is -2.38. The third kappa shape index (κ3) is 4.06. The standard InChI is InChI=1S/C25H25N5O2/c1-18-6-7-19(17-32-22-9-8-20-10-11-26-15-21(20)14-22)16-29(18)25(31)23-4-2-3-5-24(23)30-27-12-13-28-30/h2-5,8-15,18-19H,6-7,16-17H2,1H3/t18-,19+/m0/s1. The van der Waals surface area contributed by atoms with Gasteiger partial charge in [-0.15, -0.1) is 0 Å². The summed E-state index contributed by atoms with van der Waals surface area (Å²) in [5, 5.41) is 10.6. The number of hydrogen-bond acceptors (Lipinski definition) is 5. The summed E-state index contributed by atoms with van der Waals surface area (Å²) in [5.41, 5.74) is 1.30. The fourth-order valence-corrected chi connectivity index (χ4v) is 4.29. The van der Waals surface area contributed by atoms with Gasteiger partial charge in [0.15, 0.2) is 0 Å². The molecule has 2 atom stereocenters. The summed E-state index contributed by atoms with van der Waals surface area (Å²) < 4.78 is 6.12. The molecule has 1 fully saturated rings. The van der Waals surface area contributed by atoms with Crippen LogP contribution in [0.1, 0.15) is 30.1 Å². The molecule has 1 saturated heterocycles. The molecule has 2 aromatic carbocycles. The fourth-order valence-electron chi connectivity index (χ4n) is 4.29. The number of fused-ring (bicyclic) bond motifs is 1. The van der Waals surface area contributed by atoms with Crippen molar-refractivity contribution in [2.24, 2.45) is 5.92 Å². The number of benzene rings is 2. The number of carbonyl (C=O) groups is 1. The van der Waals surface area contributed by atoms with Crippen molar-refractivity contribution < 1.29 is 9.53 Å². The molecule has 7 heteroatoms. The van der Waals surface area contributed by atoms with Gasteiger partial charge < -0.3 is 9.64 Å². The van der Waals surface area contributed by atoms with Crippen LogP contribution in [-0.2, 0) is 0 Å². The average Bonchev–Trinajstić information content (AvgIpc) is 3.38. The Morgan fingerprint density at radius 3 is 2.75 bits per heavy atom. The van der Waals surface area contributed by atoms with E-state index in [0.717, 1.165) is 29.4 Å². The monoisotopic (exact) mass is 427 g/mol. The van der Waals surface area contributed by atoms with E-state index in [4.69, 9.17) is 4.74 Å². The first-order valence-corrected chi connectivity index (χ1v) is 10.9. The van der Waals surface area contributed by atoms with E-state index in [-0.39, 0.29) is 17.9 Å². The van der Waals surface area contributed by atoms with Crippen molar-refractivity contribution >= 4 is 16.7 Å². The van der Waals surface area contributed by atoms with Crippen LogP contribution in [0.3, 0.4) is 0 Å². The minimum absolute atomic E-state index is 0.00637. The zero-order valence-corrected chi connectivity index (χ0v) is 18.0. The molecule has 32 heavy (non-hydrogen) atoms. The second-order valence-corrected chi connectivity index (χ2v) is 8.28. The predicted molar refractivity (Wildman–Crippen MR) is 122 cm³/mol. The Hall–Kier alpha value is -3.74. The van der Waals surface area contributed by atoms with Gasteiger partial charge in [-0.25, -0.2) is 0 Å². The molecule has 0 radical (unpaired) electrons. The molecule has 3 heterocycles. The lowest BCUT2D eigenvalue weighted by Crippen LogP contribution is -2.47. The fraction of sp³-hybridized carbons (Fsp3) is 0.280. The molecule has 0 saturated carbocycles. The molecular formula is C25H25N5O2. The van der Waals surface area contributed by atoms with E-state index in [9.17, 15) is 4.79 Å². The predicted octanol–water partition coefficient (Wildman–Crippen LogP) is 4.14. The topological polar surface area (TPSA) is 73.1 Å². The van der Waals surface area contributed by atoms with Gasteiger partial charge in [0.25, 0.3) is 5.91 Å². The maximum Gasteiger partial charge on any atom is 0.256 e. The quantitative estimate of drug-likeness (QED) is 0.479. The van der Waals surface area contributed by atoms with Gasteiger partial charge in [0.05, 0.1) is 30.3 Å². The highest BCUT2D eigenvalue weighted by atomic mass is 16.5. The van der Waals surface area contributed by atoms with E-state index < -0.39 is 0 Å². The highest BCUT2D eigenvalue weighted by molar-refractivity contribution is 5.98. The van der Waals surface area contributed by atoms with Gasteiger partial charge in [0, 0.05) is 36.3 Å². The van der Waals surface area contributed by atoms with Gasteiger partial charge in [-0.2, -0.15) is 15.0 Å². The van der Waals surface area contributed by atoms with Crippen LogP contribution in [-0.4, -0.2) is 50.0 Å². The van der Waals surface area contributed by atoms with Crippen molar-refractivity contribution in [3.63, 3.8) is 0 Å². The second-order valence-electron chi connectivity index (χ2n) is 8.28. The van der Waals surface area contributed by atoms with Crippen LogP contribution in [0, 0.1) is 5.92 Å². The van der Waals surface area contributed by atoms with Crippen molar-refractivity contribution in [2.45, 2.75) is 25.8 Å². The number of hydrogen-bond donors (Lipinski definition) is 0. The first-order chi connectivity index (χ1) is 15.7. The lowest BCUT2D eigenvalue weighted by atomic mass is 9.93. The molecule has 0 spiro atoms. The zero-order valence-electron chi connectivity index (χ0n) is 18.0. The Kier molecular flexibility index (Phi) is 5.54. The molecule has 1 aliphatic heterocycles. The highest BCUT2D eigenvalue weighted by Gasteiger charge is 2.31. The Balaban J connectivity index is 1.30. The highest BCUT2D eigenvalue weighted by Crippen LogP contribution is 2.27. The van der Waals surface area contributed by atoms with Crippen LogP contribution >= 0.6 is 0 Å². The second kappa shape index (κ2) is 8.78. The van der Waals surface area contributed by atoms with Crippen molar-refractivity contribution in [3.05, 3.63) is 78.9 Å². The maximum atomic E-state index is 13.5. The van der Waals surface area contributed by atoms with Crippen molar-refractivity contribution in [1.82, 2.24) is 24.9 Å². The molecule has 4 aromatic rings. The van der Waals surface area contributed by atoms with E-state index in [1.165, 1.54) is 4.80 Å². The third-order valence-corrected chi connectivity index (χ3v) is 6.11. The van der Waals surface area contributed by atoms with Gasteiger partial charge in [-0.05, 0) is 55.5 Å². The average molecular weight is 428 g/mol. The van der Waals surface area contributed by atoms with Gasteiger partial charge in [0.1, 0.15) is 5.75 Å². The molecule has 0 bridgehead atoms. The van der Waals surface area contributed by atoms with Crippen molar-refractivity contribution in [2.75, 3.05) is 13.2 Å². The van der Waals surface area contributed by atoms with E-state index in [1.807, 2.05) is 59.6 Å². The summed E-state index contributed by atoms with van der Waals surface area (Å²) >= 11 is 0. The number of piperidine rings is 1. The summed E-state index contributed by atoms with van der Waals surface area (Å²) in [6, 6.07) is 15.7. The molecule has 0 N–H and O–H groups in total. The van der Waals surface area contributed by atoms with Crippen LogP contribution in [0.4, 0.5) is 0 Å². The number of pyridine rings is 1. The molecule has 162 valence electrons. The van der Waals surface area contributed by atoms with Gasteiger partial charge in [-0.1, -0.05) is 18.2 Å². The molecule has 1 aliphatic rings. The normalized spacial score (nSPS) is 18.6. The van der Waals surface area contributed by atoms with E-state index in [2.05, 4.69) is 22.1 Å². The Labute approximate surface area is 186 Å². The van der Waals surface area contributed by atoms with Crippen LogP contribution in [0.15, 0.2) is 73.3 Å². The lowest BCUT2D eigenvalue weighted by molar-refractivity contribution is 0.0505. The number of likely N-dealkylation sites (tertiary alicyclic amines) is 1. The van der Waals surface area contributed by atoms with E-state index in [1.54, 1.807) is 18.6 Å². The molecular weight excluding hydrogens is 402 g/mol. The zero-order chi connectivity index (χ0) is 21.9. The summed E-state index contributed by atoms with van der Waals surface area (Å²) in [5.74, 6) is 1.11. The van der Waals surface area contributed by atoms with Crippen LogP contribution in [0.5, 0.6) is 5.75 Å². The van der Waals surface area contributed by atoms with Gasteiger partial charge >= 0.3 is 0 Å². The number of aromatic nitrogens is 4. The smallest absolute Gasteiger partial charge is 0.256 e. The molecule has 1 amide bonds. The van der Waals surface area contributed by atoms with Gasteiger partial charge in [0.2, 0.25) is 0 Å². The summed E-state index contributed by atoms with van der Waals surface area (Å²) in [6.45, 7) is 3.35. The minimum Gasteiger partial charge on any atom is -0.493 e. The van der Waals surface area contributed by atoms with E-state index in [0.29, 0.717) is 24.4 Å². The Morgan fingerprint density at radius 1 is 1.03 bits per heavy atom. The first-order valence-electron chi connectivity index (χ1n) is 10.9. The molecule has 5 rings (SSSR count). The summed E-state index contributed by atoms with van der Waals surface area (Å²) in [4.78, 5) is 21.1. The molecule has 0 unspecified atom stereocenters. The number of nitrogens with zero attached hydrogens (tertiary/aromatic N) is 5. The van der Waals surface area contributed by atoms with Crippen molar-refractivity contribution in [1.29, 1.82) is 0 Å².